The molecule has 0 aromatic carbocycles. The van der Waals surface area contributed by atoms with E-state index < -0.39 is 0 Å². The molecule has 0 atom stereocenters. The van der Waals surface area contributed by atoms with Crippen LogP contribution >= 0.6 is 22.6 Å². The van der Waals surface area contributed by atoms with E-state index in [1.165, 1.54) is 0 Å². The summed E-state index contributed by atoms with van der Waals surface area (Å²) in [5.41, 5.74) is 1.13. The lowest BCUT2D eigenvalue weighted by Gasteiger charge is -1.86. The van der Waals surface area contributed by atoms with Crippen molar-refractivity contribution in [3.63, 3.8) is 0 Å². The van der Waals surface area contributed by atoms with Crippen molar-refractivity contribution in [2.45, 2.75) is 0 Å². The highest BCUT2D eigenvalue weighted by Crippen LogP contribution is 1.98. The minimum atomic E-state index is 1.13. The van der Waals surface area contributed by atoms with Gasteiger partial charge in [-0.1, -0.05) is 46.9 Å². The van der Waals surface area contributed by atoms with Crippen LogP contribution in [0.25, 0.3) is 6.08 Å². The van der Waals surface area contributed by atoms with Gasteiger partial charge in [0.25, 0.3) is 0 Å². The van der Waals surface area contributed by atoms with Gasteiger partial charge in [0.1, 0.15) is 0 Å². The van der Waals surface area contributed by atoms with E-state index in [0.717, 1.165) is 5.56 Å². The van der Waals surface area contributed by atoms with Crippen molar-refractivity contribution in [3.8, 4) is 0 Å². The molecule has 2 heteroatoms. The van der Waals surface area contributed by atoms with E-state index in [2.05, 4.69) is 27.6 Å². The number of hydrogen-bond donors (Lipinski definition) is 0. The molecule has 1 aromatic heterocycles. The Morgan fingerprint density at radius 3 is 2.91 bits per heavy atom. The first kappa shape index (κ1) is 8.46. The molecule has 0 N–H and O–H groups in total. The Hall–Kier alpha value is -0.640. The van der Waals surface area contributed by atoms with Gasteiger partial charge in [0, 0.05) is 12.4 Å². The van der Waals surface area contributed by atoms with Crippen LogP contribution < -0.4 is 0 Å². The Bertz CT molecular complexity index is 252. The lowest BCUT2D eigenvalue weighted by atomic mass is 10.2. The number of hydrogen-bond acceptors (Lipinski definition) is 1. The molecule has 0 unspecified atom stereocenters. The molecule has 11 heavy (non-hydrogen) atoms. The van der Waals surface area contributed by atoms with Crippen molar-refractivity contribution < 1.29 is 0 Å². The maximum atomic E-state index is 3.99. The average molecular weight is 257 g/mol. The van der Waals surface area contributed by atoms with Crippen LogP contribution in [0, 0.1) is 0 Å². The summed E-state index contributed by atoms with van der Waals surface area (Å²) in [5, 5.41) is 0. The summed E-state index contributed by atoms with van der Waals surface area (Å²) in [5.74, 6) is 0. The number of pyridine rings is 1. The summed E-state index contributed by atoms with van der Waals surface area (Å²) in [7, 11) is 0. The number of nitrogens with zero attached hydrogens (tertiary/aromatic N) is 1. The molecule has 0 aliphatic heterocycles. The number of aromatic nitrogens is 1. The molecule has 1 nitrogen and oxygen atoms in total. The summed E-state index contributed by atoms with van der Waals surface area (Å²) < 4.78 is 1.96. The third kappa shape index (κ3) is 3.32. The van der Waals surface area contributed by atoms with Gasteiger partial charge < -0.3 is 0 Å². The lowest BCUT2D eigenvalue weighted by molar-refractivity contribution is 1.32. The molecule has 0 aliphatic carbocycles. The molecule has 0 radical (unpaired) electrons. The fraction of sp³-hybridized carbons (Fsp3) is 0. The Kier molecular flexibility index (Phi) is 3.90. The first-order chi connectivity index (χ1) is 5.43. The first-order valence-corrected chi connectivity index (χ1v) is 4.51. The Balaban J connectivity index is 2.64. The van der Waals surface area contributed by atoms with Crippen molar-refractivity contribution in [2.75, 3.05) is 0 Å². The summed E-state index contributed by atoms with van der Waals surface area (Å²) in [6, 6.07) is 3.94. The Morgan fingerprint density at radius 2 is 2.27 bits per heavy atom. The van der Waals surface area contributed by atoms with Crippen LogP contribution in [0.4, 0.5) is 0 Å². The summed E-state index contributed by atoms with van der Waals surface area (Å²) in [6.45, 7) is 0. The van der Waals surface area contributed by atoms with Crippen molar-refractivity contribution in [2.24, 2.45) is 0 Å². The molecule has 56 valence electrons. The van der Waals surface area contributed by atoms with Crippen LogP contribution in [0.2, 0.25) is 0 Å². The third-order valence-electron chi connectivity index (χ3n) is 1.16. The summed E-state index contributed by atoms with van der Waals surface area (Å²) in [6.07, 6.45) is 9.59. The zero-order chi connectivity index (χ0) is 7.94. The molecule has 0 amide bonds. The SMILES string of the molecule is I/C=C/C=C/c1cccnc1. The largest absolute Gasteiger partial charge is 0.264 e. The van der Waals surface area contributed by atoms with E-state index >= 15 is 0 Å². The minimum absolute atomic E-state index is 1.13. The minimum Gasteiger partial charge on any atom is -0.264 e. The quantitative estimate of drug-likeness (QED) is 0.586. The molecular weight excluding hydrogens is 249 g/mol. The topological polar surface area (TPSA) is 12.9 Å². The van der Waals surface area contributed by atoms with Gasteiger partial charge in [-0.05, 0) is 15.7 Å². The molecule has 0 bridgehead atoms. The molecular formula is C9H8IN. The van der Waals surface area contributed by atoms with Crippen molar-refractivity contribution in [1.82, 2.24) is 4.98 Å². The van der Waals surface area contributed by atoms with Crippen molar-refractivity contribution >= 4 is 28.7 Å². The predicted octanol–water partition coefficient (Wildman–Crippen LogP) is 3.04. The lowest BCUT2D eigenvalue weighted by Crippen LogP contribution is -1.71. The maximum absolute atomic E-state index is 3.99. The molecule has 1 aromatic rings. The first-order valence-electron chi connectivity index (χ1n) is 3.27. The van der Waals surface area contributed by atoms with Gasteiger partial charge in [0.15, 0.2) is 0 Å². The van der Waals surface area contributed by atoms with Crippen molar-refractivity contribution in [1.29, 1.82) is 0 Å². The monoisotopic (exact) mass is 257 g/mol. The second-order valence-electron chi connectivity index (χ2n) is 1.96. The second-order valence-corrected chi connectivity index (χ2v) is 2.68. The Morgan fingerprint density at radius 1 is 1.36 bits per heavy atom. The molecule has 1 rings (SSSR count). The zero-order valence-electron chi connectivity index (χ0n) is 5.94. The third-order valence-corrected chi connectivity index (χ3v) is 1.57. The van der Waals surface area contributed by atoms with Crippen LogP contribution in [0.3, 0.4) is 0 Å². The fourth-order valence-corrected chi connectivity index (χ4v) is 0.923. The van der Waals surface area contributed by atoms with Crippen LogP contribution in [-0.2, 0) is 0 Å². The van der Waals surface area contributed by atoms with E-state index in [9.17, 15) is 0 Å². The highest BCUT2D eigenvalue weighted by molar-refractivity contribution is 14.1. The van der Waals surface area contributed by atoms with E-state index in [1.807, 2.05) is 40.6 Å². The molecule has 0 spiro atoms. The number of allylic oxidation sites excluding steroid dienone is 2. The van der Waals surface area contributed by atoms with Gasteiger partial charge in [-0.2, -0.15) is 0 Å². The van der Waals surface area contributed by atoms with Gasteiger partial charge >= 0.3 is 0 Å². The van der Waals surface area contributed by atoms with Gasteiger partial charge in [-0.15, -0.1) is 0 Å². The smallest absolute Gasteiger partial charge is 0.0340 e. The molecule has 1 heterocycles. The summed E-state index contributed by atoms with van der Waals surface area (Å²) >= 11 is 2.18. The van der Waals surface area contributed by atoms with Crippen LogP contribution in [0.5, 0.6) is 0 Å². The number of rotatable bonds is 2. The highest BCUT2D eigenvalue weighted by atomic mass is 127. The van der Waals surface area contributed by atoms with Crippen LogP contribution in [-0.4, -0.2) is 4.98 Å². The molecule has 0 saturated carbocycles. The zero-order valence-corrected chi connectivity index (χ0v) is 8.10. The fourth-order valence-electron chi connectivity index (χ4n) is 0.683. The Labute approximate surface area is 80.0 Å². The standard InChI is InChI=1S/C9H8IN/c10-6-2-1-4-9-5-3-7-11-8-9/h1-8H/b4-1+,6-2+. The van der Waals surface area contributed by atoms with E-state index in [4.69, 9.17) is 0 Å². The van der Waals surface area contributed by atoms with Gasteiger partial charge in [-0.25, -0.2) is 0 Å². The second kappa shape index (κ2) is 5.07. The van der Waals surface area contributed by atoms with Crippen molar-refractivity contribution in [3.05, 3.63) is 46.3 Å². The molecule has 0 aliphatic rings. The highest BCUT2D eigenvalue weighted by Gasteiger charge is 1.79. The van der Waals surface area contributed by atoms with E-state index in [0.29, 0.717) is 0 Å². The van der Waals surface area contributed by atoms with E-state index in [-0.39, 0.29) is 0 Å². The molecule has 0 saturated heterocycles. The van der Waals surface area contributed by atoms with E-state index in [1.54, 1.807) is 6.20 Å². The van der Waals surface area contributed by atoms with Crippen LogP contribution in [0.15, 0.2) is 40.8 Å². The van der Waals surface area contributed by atoms with Gasteiger partial charge in [0.05, 0.1) is 0 Å². The summed E-state index contributed by atoms with van der Waals surface area (Å²) in [4.78, 5) is 3.99. The van der Waals surface area contributed by atoms with Crippen LogP contribution in [0.1, 0.15) is 5.56 Å². The maximum Gasteiger partial charge on any atom is 0.0340 e. The van der Waals surface area contributed by atoms with Gasteiger partial charge in [0.2, 0.25) is 0 Å². The predicted molar refractivity (Wildman–Crippen MR) is 56.4 cm³/mol. The normalized spacial score (nSPS) is 11.4. The molecule has 0 fully saturated rings. The number of halogens is 1. The van der Waals surface area contributed by atoms with Gasteiger partial charge in [-0.3, -0.25) is 4.98 Å². The average Bonchev–Trinajstić information content (AvgIpc) is 2.07.